The van der Waals surface area contributed by atoms with E-state index in [2.05, 4.69) is 15.5 Å². The smallest absolute Gasteiger partial charge is 0.234 e. The summed E-state index contributed by atoms with van der Waals surface area (Å²) >= 11 is 0. The van der Waals surface area contributed by atoms with E-state index >= 15 is 0 Å². The van der Waals surface area contributed by atoms with E-state index < -0.39 is 0 Å². The molecule has 2 atom stereocenters. The van der Waals surface area contributed by atoms with Crippen LogP contribution in [0.15, 0.2) is 0 Å². The van der Waals surface area contributed by atoms with Crippen LogP contribution >= 0.6 is 0 Å². The second-order valence-corrected chi connectivity index (χ2v) is 4.78. The Bertz CT molecular complexity index is 286. The van der Waals surface area contributed by atoms with E-state index in [1.165, 1.54) is 6.92 Å². The largest absolute Gasteiger partial charge is 0.373 e. The predicted molar refractivity (Wildman–Crippen MR) is 68.1 cm³/mol. The standard InChI is InChI=1S/C12H23N3O3/c1-9-6-15(7-10(2)18-9)8-12(17)14-5-4-13-11(3)16/h9-10H,4-8H2,1-3H3,(H,13,16)(H,14,17). The molecule has 1 aliphatic heterocycles. The van der Waals surface area contributed by atoms with Gasteiger partial charge >= 0.3 is 0 Å². The van der Waals surface area contributed by atoms with Crippen LogP contribution < -0.4 is 10.6 Å². The van der Waals surface area contributed by atoms with Crippen molar-refractivity contribution in [3.63, 3.8) is 0 Å². The maximum absolute atomic E-state index is 11.7. The van der Waals surface area contributed by atoms with E-state index in [-0.39, 0.29) is 24.0 Å². The van der Waals surface area contributed by atoms with Gasteiger partial charge in [0.25, 0.3) is 0 Å². The van der Waals surface area contributed by atoms with Crippen molar-refractivity contribution in [1.82, 2.24) is 15.5 Å². The molecular weight excluding hydrogens is 234 g/mol. The molecule has 1 rings (SSSR count). The SMILES string of the molecule is CC(=O)NCCNC(=O)CN1CC(C)OC(C)C1. The lowest BCUT2D eigenvalue weighted by molar-refractivity contribution is -0.126. The van der Waals surface area contributed by atoms with Crippen LogP contribution in [0.3, 0.4) is 0 Å². The topological polar surface area (TPSA) is 70.7 Å². The first-order valence-electron chi connectivity index (χ1n) is 6.36. The molecule has 0 spiro atoms. The molecule has 0 radical (unpaired) electrons. The van der Waals surface area contributed by atoms with Gasteiger partial charge in [-0.05, 0) is 13.8 Å². The molecule has 1 heterocycles. The number of nitrogens with zero attached hydrogens (tertiary/aromatic N) is 1. The highest BCUT2D eigenvalue weighted by atomic mass is 16.5. The number of nitrogens with one attached hydrogen (secondary N) is 2. The van der Waals surface area contributed by atoms with Crippen molar-refractivity contribution in [3.8, 4) is 0 Å². The zero-order valence-electron chi connectivity index (χ0n) is 11.4. The van der Waals surface area contributed by atoms with Crippen LogP contribution in [0.5, 0.6) is 0 Å². The molecule has 2 N–H and O–H groups in total. The number of hydrogen-bond donors (Lipinski definition) is 2. The number of rotatable bonds is 5. The van der Waals surface area contributed by atoms with E-state index in [1.807, 2.05) is 13.8 Å². The quantitative estimate of drug-likeness (QED) is 0.642. The molecule has 1 saturated heterocycles. The summed E-state index contributed by atoms with van der Waals surface area (Å²) in [7, 11) is 0. The summed E-state index contributed by atoms with van der Waals surface area (Å²) in [6, 6.07) is 0. The summed E-state index contributed by atoms with van der Waals surface area (Å²) in [5.41, 5.74) is 0. The zero-order chi connectivity index (χ0) is 13.5. The third-order valence-electron chi connectivity index (χ3n) is 2.68. The van der Waals surface area contributed by atoms with Crippen molar-refractivity contribution in [2.45, 2.75) is 33.0 Å². The van der Waals surface area contributed by atoms with E-state index in [1.54, 1.807) is 0 Å². The van der Waals surface area contributed by atoms with Crippen LogP contribution in [0.4, 0.5) is 0 Å². The highest BCUT2D eigenvalue weighted by Crippen LogP contribution is 2.09. The summed E-state index contributed by atoms with van der Waals surface area (Å²) in [6.07, 6.45) is 0.335. The summed E-state index contributed by atoms with van der Waals surface area (Å²) in [5, 5.41) is 5.41. The summed E-state index contributed by atoms with van der Waals surface area (Å²) in [5.74, 6) is -0.0956. The van der Waals surface area contributed by atoms with Crippen LogP contribution in [0.2, 0.25) is 0 Å². The fourth-order valence-electron chi connectivity index (χ4n) is 2.11. The Morgan fingerprint density at radius 2 is 1.72 bits per heavy atom. The van der Waals surface area contributed by atoms with Gasteiger partial charge in [0, 0.05) is 33.1 Å². The third kappa shape index (κ3) is 5.97. The lowest BCUT2D eigenvalue weighted by atomic mass is 10.2. The zero-order valence-corrected chi connectivity index (χ0v) is 11.4. The van der Waals surface area contributed by atoms with Crippen molar-refractivity contribution >= 4 is 11.8 Å². The normalized spacial score (nSPS) is 24.6. The van der Waals surface area contributed by atoms with E-state index in [4.69, 9.17) is 4.74 Å². The Hall–Kier alpha value is -1.14. The molecule has 18 heavy (non-hydrogen) atoms. The van der Waals surface area contributed by atoms with Gasteiger partial charge in [0.1, 0.15) is 0 Å². The van der Waals surface area contributed by atoms with Gasteiger partial charge in [-0.3, -0.25) is 14.5 Å². The maximum Gasteiger partial charge on any atom is 0.234 e. The Morgan fingerprint density at radius 3 is 2.28 bits per heavy atom. The molecule has 1 fully saturated rings. The van der Waals surface area contributed by atoms with Crippen LogP contribution in [0.25, 0.3) is 0 Å². The minimum Gasteiger partial charge on any atom is -0.373 e. The first-order valence-corrected chi connectivity index (χ1v) is 6.36. The van der Waals surface area contributed by atoms with Gasteiger partial charge < -0.3 is 15.4 Å². The second-order valence-electron chi connectivity index (χ2n) is 4.78. The fourth-order valence-corrected chi connectivity index (χ4v) is 2.11. The molecule has 1 aliphatic rings. The Labute approximate surface area is 108 Å². The van der Waals surface area contributed by atoms with E-state index in [9.17, 15) is 9.59 Å². The minimum atomic E-state index is -0.0833. The van der Waals surface area contributed by atoms with Crippen molar-refractivity contribution < 1.29 is 14.3 Å². The first-order chi connectivity index (χ1) is 8.47. The van der Waals surface area contributed by atoms with E-state index in [0.29, 0.717) is 19.6 Å². The van der Waals surface area contributed by atoms with Gasteiger partial charge in [-0.25, -0.2) is 0 Å². The molecule has 2 unspecified atom stereocenters. The lowest BCUT2D eigenvalue weighted by Crippen LogP contribution is -2.49. The third-order valence-corrected chi connectivity index (χ3v) is 2.68. The van der Waals surface area contributed by atoms with Gasteiger partial charge in [-0.2, -0.15) is 0 Å². The average Bonchev–Trinajstić information content (AvgIpc) is 2.22. The second kappa shape index (κ2) is 7.33. The number of carbonyl (C=O) groups excluding carboxylic acids is 2. The van der Waals surface area contributed by atoms with Crippen LogP contribution in [-0.4, -0.2) is 61.6 Å². The van der Waals surface area contributed by atoms with Crippen molar-refractivity contribution in [3.05, 3.63) is 0 Å². The Kier molecular flexibility index (Phi) is 6.07. The Morgan fingerprint density at radius 1 is 1.17 bits per heavy atom. The average molecular weight is 257 g/mol. The van der Waals surface area contributed by atoms with Crippen molar-refractivity contribution in [2.24, 2.45) is 0 Å². The van der Waals surface area contributed by atoms with Crippen LogP contribution in [-0.2, 0) is 14.3 Å². The molecule has 104 valence electrons. The molecule has 0 aliphatic carbocycles. The van der Waals surface area contributed by atoms with Gasteiger partial charge in [0.15, 0.2) is 0 Å². The minimum absolute atomic E-state index is 0.0124. The number of morpholine rings is 1. The molecule has 0 aromatic carbocycles. The molecule has 0 bridgehead atoms. The van der Waals surface area contributed by atoms with Crippen molar-refractivity contribution in [1.29, 1.82) is 0 Å². The van der Waals surface area contributed by atoms with Crippen molar-refractivity contribution in [2.75, 3.05) is 32.7 Å². The summed E-state index contributed by atoms with van der Waals surface area (Å²) in [6.45, 7) is 8.36. The van der Waals surface area contributed by atoms with Crippen LogP contribution in [0, 0.1) is 0 Å². The molecule has 6 nitrogen and oxygen atoms in total. The number of amides is 2. The number of hydrogen-bond acceptors (Lipinski definition) is 4. The molecule has 6 heteroatoms. The highest BCUT2D eigenvalue weighted by molar-refractivity contribution is 5.78. The maximum atomic E-state index is 11.7. The predicted octanol–water partition coefficient (Wildman–Crippen LogP) is -0.652. The molecular formula is C12H23N3O3. The Balaban J connectivity index is 2.17. The lowest BCUT2D eigenvalue weighted by Gasteiger charge is -2.34. The van der Waals surface area contributed by atoms with Crippen LogP contribution in [0.1, 0.15) is 20.8 Å². The summed E-state index contributed by atoms with van der Waals surface area (Å²) < 4.78 is 5.60. The number of ether oxygens (including phenoxy) is 1. The van der Waals surface area contributed by atoms with Gasteiger partial charge in [0.05, 0.1) is 18.8 Å². The number of carbonyl (C=O) groups is 2. The monoisotopic (exact) mass is 257 g/mol. The molecule has 0 aromatic rings. The van der Waals surface area contributed by atoms with Gasteiger partial charge in [-0.15, -0.1) is 0 Å². The molecule has 2 amide bonds. The van der Waals surface area contributed by atoms with E-state index in [0.717, 1.165) is 13.1 Å². The first kappa shape index (κ1) is 14.9. The molecule has 0 aromatic heterocycles. The van der Waals surface area contributed by atoms with Gasteiger partial charge in [0.2, 0.25) is 11.8 Å². The highest BCUT2D eigenvalue weighted by Gasteiger charge is 2.23. The fraction of sp³-hybridized carbons (Fsp3) is 0.833. The van der Waals surface area contributed by atoms with Gasteiger partial charge in [-0.1, -0.05) is 0 Å². The molecule has 0 saturated carbocycles. The summed E-state index contributed by atoms with van der Waals surface area (Å²) in [4.78, 5) is 24.4.